The van der Waals surface area contributed by atoms with Crippen LogP contribution in [0, 0.1) is 0 Å². The highest BCUT2D eigenvalue weighted by atomic mass is 16.5. The van der Waals surface area contributed by atoms with Gasteiger partial charge < -0.3 is 4.74 Å². The molecule has 5 rings (SSSR count). The lowest BCUT2D eigenvalue weighted by atomic mass is 9.89. The van der Waals surface area contributed by atoms with E-state index in [1.54, 1.807) is 19.0 Å². The summed E-state index contributed by atoms with van der Waals surface area (Å²) in [5.41, 5.74) is 3.08. The van der Waals surface area contributed by atoms with Crippen LogP contribution in [-0.2, 0) is 4.79 Å². The molecule has 1 amide bonds. The minimum Gasteiger partial charge on any atom is -0.497 e. The summed E-state index contributed by atoms with van der Waals surface area (Å²) in [7, 11) is 1.65. The first-order valence-electron chi connectivity index (χ1n) is 10.1. The van der Waals surface area contributed by atoms with Crippen molar-refractivity contribution in [2.75, 3.05) is 7.11 Å². The zero-order valence-electron chi connectivity index (χ0n) is 17.0. The number of benzene rings is 4. The minimum atomic E-state index is -0.143. The van der Waals surface area contributed by atoms with E-state index in [-0.39, 0.29) is 11.9 Å². The monoisotopic (exact) mass is 394 g/mol. The third-order valence-corrected chi connectivity index (χ3v) is 5.80. The SMILES string of the molecule is COc1ccc(C2=NN(C(C)=O)C(c3c4ccccc4cc4ccccc34)C2)cc1. The van der Waals surface area contributed by atoms with E-state index in [4.69, 9.17) is 9.84 Å². The van der Waals surface area contributed by atoms with Gasteiger partial charge in [0.15, 0.2) is 0 Å². The predicted octanol–water partition coefficient (Wildman–Crippen LogP) is 5.70. The number of hydrogen-bond donors (Lipinski definition) is 0. The van der Waals surface area contributed by atoms with Crippen LogP contribution in [0.4, 0.5) is 0 Å². The highest BCUT2D eigenvalue weighted by Crippen LogP contribution is 2.40. The summed E-state index contributed by atoms with van der Waals surface area (Å²) in [6.45, 7) is 1.58. The summed E-state index contributed by atoms with van der Waals surface area (Å²) in [6.07, 6.45) is 0.671. The van der Waals surface area contributed by atoms with E-state index < -0.39 is 0 Å². The maximum absolute atomic E-state index is 12.6. The average molecular weight is 394 g/mol. The van der Waals surface area contributed by atoms with Crippen LogP contribution in [0.15, 0.2) is 84.0 Å². The maximum Gasteiger partial charge on any atom is 0.240 e. The molecule has 1 aliphatic rings. The van der Waals surface area contributed by atoms with Crippen molar-refractivity contribution in [2.45, 2.75) is 19.4 Å². The zero-order chi connectivity index (χ0) is 20.7. The van der Waals surface area contributed by atoms with Crippen molar-refractivity contribution < 1.29 is 9.53 Å². The van der Waals surface area contributed by atoms with E-state index in [2.05, 4.69) is 54.6 Å². The number of hydrazone groups is 1. The van der Waals surface area contributed by atoms with Crippen molar-refractivity contribution in [3.05, 3.63) is 90.0 Å². The molecule has 0 spiro atoms. The molecular weight excluding hydrogens is 372 g/mol. The molecule has 1 aliphatic heterocycles. The first kappa shape index (κ1) is 18.4. The summed E-state index contributed by atoms with van der Waals surface area (Å²) in [6, 6.07) is 26.7. The second-order valence-corrected chi connectivity index (χ2v) is 7.59. The molecule has 0 aliphatic carbocycles. The molecule has 0 aromatic heterocycles. The third-order valence-electron chi connectivity index (χ3n) is 5.80. The van der Waals surface area contributed by atoms with Gasteiger partial charge in [0.25, 0.3) is 0 Å². The average Bonchev–Trinajstić information content (AvgIpc) is 3.23. The second kappa shape index (κ2) is 7.30. The highest BCUT2D eigenvalue weighted by Gasteiger charge is 2.33. The Balaban J connectivity index is 1.67. The summed E-state index contributed by atoms with van der Waals surface area (Å²) in [5.74, 6) is 0.748. The Morgan fingerprint density at radius 1 is 0.933 bits per heavy atom. The van der Waals surface area contributed by atoms with Crippen LogP contribution in [-0.4, -0.2) is 23.7 Å². The van der Waals surface area contributed by atoms with Crippen LogP contribution in [0.2, 0.25) is 0 Å². The molecular formula is C26H22N2O2. The Labute approximate surface area is 175 Å². The molecule has 0 bridgehead atoms. The van der Waals surface area contributed by atoms with E-state index in [0.717, 1.165) is 22.6 Å². The number of methoxy groups -OCH3 is 1. The van der Waals surface area contributed by atoms with Crippen molar-refractivity contribution >= 4 is 33.2 Å². The number of hydrogen-bond acceptors (Lipinski definition) is 3. The Morgan fingerprint density at radius 2 is 1.53 bits per heavy atom. The van der Waals surface area contributed by atoms with Gasteiger partial charge in [-0.15, -0.1) is 0 Å². The fourth-order valence-electron chi connectivity index (χ4n) is 4.39. The van der Waals surface area contributed by atoms with Gasteiger partial charge in [0.1, 0.15) is 5.75 Å². The van der Waals surface area contributed by atoms with Gasteiger partial charge in [0.2, 0.25) is 5.91 Å². The molecule has 30 heavy (non-hydrogen) atoms. The minimum absolute atomic E-state index is 0.0551. The number of rotatable bonds is 3. The van der Waals surface area contributed by atoms with Gasteiger partial charge in [-0.1, -0.05) is 48.5 Å². The summed E-state index contributed by atoms with van der Waals surface area (Å²) >= 11 is 0. The van der Waals surface area contributed by atoms with Gasteiger partial charge in [-0.2, -0.15) is 5.10 Å². The molecule has 0 N–H and O–H groups in total. The Morgan fingerprint density at radius 3 is 2.10 bits per heavy atom. The Kier molecular flexibility index (Phi) is 4.47. The van der Waals surface area contributed by atoms with Gasteiger partial charge in [0.05, 0.1) is 18.9 Å². The third kappa shape index (κ3) is 3.01. The molecule has 148 valence electrons. The molecule has 4 aromatic rings. The van der Waals surface area contributed by atoms with Crippen molar-refractivity contribution in [2.24, 2.45) is 5.10 Å². The number of nitrogens with zero attached hydrogens (tertiary/aromatic N) is 2. The lowest BCUT2D eigenvalue weighted by Gasteiger charge is -2.24. The number of carbonyl (C=O) groups excluding carboxylic acids is 1. The van der Waals surface area contributed by atoms with Crippen molar-refractivity contribution in [3.63, 3.8) is 0 Å². The topological polar surface area (TPSA) is 41.9 Å². The number of carbonyl (C=O) groups is 1. The molecule has 0 fully saturated rings. The molecule has 1 atom stereocenters. The molecule has 4 heteroatoms. The molecule has 0 saturated carbocycles. The van der Waals surface area contributed by atoms with Crippen LogP contribution in [0.25, 0.3) is 21.5 Å². The first-order chi connectivity index (χ1) is 14.7. The van der Waals surface area contributed by atoms with E-state index in [1.807, 2.05) is 24.3 Å². The van der Waals surface area contributed by atoms with Crippen LogP contribution >= 0.6 is 0 Å². The van der Waals surface area contributed by atoms with Gasteiger partial charge in [-0.05, 0) is 63.0 Å². The fourth-order valence-corrected chi connectivity index (χ4v) is 4.39. The van der Waals surface area contributed by atoms with Crippen molar-refractivity contribution in [1.82, 2.24) is 5.01 Å². The van der Waals surface area contributed by atoms with Crippen LogP contribution in [0.3, 0.4) is 0 Å². The molecule has 4 aromatic carbocycles. The molecule has 4 nitrogen and oxygen atoms in total. The van der Waals surface area contributed by atoms with Crippen LogP contribution in [0.1, 0.15) is 30.5 Å². The fraction of sp³-hybridized carbons (Fsp3) is 0.154. The van der Waals surface area contributed by atoms with Gasteiger partial charge in [-0.3, -0.25) is 4.79 Å². The van der Waals surface area contributed by atoms with Crippen molar-refractivity contribution in [3.8, 4) is 5.75 Å². The first-order valence-corrected chi connectivity index (χ1v) is 10.1. The van der Waals surface area contributed by atoms with E-state index in [1.165, 1.54) is 21.5 Å². The highest BCUT2D eigenvalue weighted by molar-refractivity contribution is 6.07. The lowest BCUT2D eigenvalue weighted by molar-refractivity contribution is -0.130. The zero-order valence-corrected chi connectivity index (χ0v) is 17.0. The number of amides is 1. The summed E-state index contributed by atoms with van der Waals surface area (Å²) < 4.78 is 5.27. The van der Waals surface area contributed by atoms with E-state index in [9.17, 15) is 4.79 Å². The van der Waals surface area contributed by atoms with Gasteiger partial charge in [0, 0.05) is 13.3 Å². The van der Waals surface area contributed by atoms with E-state index in [0.29, 0.717) is 6.42 Å². The number of ether oxygens (including phenoxy) is 1. The maximum atomic E-state index is 12.6. The van der Waals surface area contributed by atoms with Crippen LogP contribution in [0.5, 0.6) is 5.75 Å². The summed E-state index contributed by atoms with van der Waals surface area (Å²) in [4.78, 5) is 12.6. The second-order valence-electron chi connectivity index (χ2n) is 7.59. The normalized spacial score (nSPS) is 16.1. The van der Waals surface area contributed by atoms with Crippen molar-refractivity contribution in [1.29, 1.82) is 0 Å². The standard InChI is InChI=1S/C26H22N2O2/c1-17(29)28-25(16-24(27-28)18-11-13-21(30-2)14-12-18)26-22-9-5-3-7-19(22)15-20-8-4-6-10-23(20)26/h3-15,25H,16H2,1-2H3. The molecule has 1 unspecified atom stereocenters. The lowest BCUT2D eigenvalue weighted by Crippen LogP contribution is -2.24. The van der Waals surface area contributed by atoms with E-state index >= 15 is 0 Å². The molecule has 0 radical (unpaired) electrons. The quantitative estimate of drug-likeness (QED) is 0.418. The molecule has 0 saturated heterocycles. The largest absolute Gasteiger partial charge is 0.497 e. The molecule has 1 heterocycles. The number of fused-ring (bicyclic) bond motifs is 2. The summed E-state index contributed by atoms with van der Waals surface area (Å²) in [5, 5.41) is 11.1. The van der Waals surface area contributed by atoms with Gasteiger partial charge in [-0.25, -0.2) is 5.01 Å². The predicted molar refractivity (Wildman–Crippen MR) is 121 cm³/mol. The Hall–Kier alpha value is -3.66. The smallest absolute Gasteiger partial charge is 0.240 e. The van der Waals surface area contributed by atoms with Crippen LogP contribution < -0.4 is 4.74 Å². The Bertz CT molecular complexity index is 1240. The van der Waals surface area contributed by atoms with Gasteiger partial charge >= 0.3 is 0 Å².